The van der Waals surface area contributed by atoms with Crippen LogP contribution < -0.4 is 11.1 Å². The van der Waals surface area contributed by atoms with E-state index in [1.54, 1.807) is 6.20 Å². The Labute approximate surface area is 91.7 Å². The van der Waals surface area contributed by atoms with E-state index in [4.69, 9.17) is 5.73 Å². The molecule has 1 aromatic rings. The predicted octanol–water partition coefficient (Wildman–Crippen LogP) is 0.884. The van der Waals surface area contributed by atoms with Crippen LogP contribution in [0.1, 0.15) is 5.56 Å². The van der Waals surface area contributed by atoms with E-state index in [2.05, 4.69) is 26.2 Å². The van der Waals surface area contributed by atoms with Gasteiger partial charge >= 0.3 is 0 Å². The molecule has 0 saturated heterocycles. The molecule has 1 atom stereocenters. The first-order valence-electron chi connectivity index (χ1n) is 4.37. The maximum atomic E-state index is 9.24. The third kappa shape index (κ3) is 3.25. The van der Waals surface area contributed by atoms with E-state index < -0.39 is 6.10 Å². The number of halogens is 1. The summed E-state index contributed by atoms with van der Waals surface area (Å²) in [6.07, 6.45) is 1.18. The second-order valence-corrected chi connectivity index (χ2v) is 4.01. The van der Waals surface area contributed by atoms with Crippen LogP contribution in [0, 0.1) is 6.92 Å². The molecular formula is C9H14BrN3O. The van der Waals surface area contributed by atoms with Gasteiger partial charge < -0.3 is 16.2 Å². The molecule has 0 bridgehead atoms. The Kier molecular flexibility index (Phi) is 4.31. The fraction of sp³-hybridized carbons (Fsp3) is 0.444. The minimum Gasteiger partial charge on any atom is -0.390 e. The lowest BCUT2D eigenvalue weighted by molar-refractivity contribution is 0.196. The largest absolute Gasteiger partial charge is 0.390 e. The Morgan fingerprint density at radius 1 is 1.71 bits per heavy atom. The molecule has 0 saturated carbocycles. The van der Waals surface area contributed by atoms with Gasteiger partial charge in [-0.2, -0.15) is 0 Å². The van der Waals surface area contributed by atoms with Gasteiger partial charge in [0.25, 0.3) is 0 Å². The van der Waals surface area contributed by atoms with Gasteiger partial charge in [-0.1, -0.05) is 0 Å². The quantitative estimate of drug-likeness (QED) is 0.751. The Hall–Kier alpha value is -0.650. The van der Waals surface area contributed by atoms with Gasteiger partial charge in [0, 0.05) is 23.8 Å². The van der Waals surface area contributed by atoms with Crippen LogP contribution in [0.3, 0.4) is 0 Å². The van der Waals surface area contributed by atoms with Gasteiger partial charge in [-0.15, -0.1) is 0 Å². The summed E-state index contributed by atoms with van der Waals surface area (Å²) < 4.78 is 0.944. The molecule has 0 aliphatic heterocycles. The van der Waals surface area contributed by atoms with Crippen molar-refractivity contribution in [3.8, 4) is 0 Å². The zero-order chi connectivity index (χ0) is 10.6. The third-order valence-corrected chi connectivity index (χ3v) is 2.26. The normalized spacial score (nSPS) is 12.6. The van der Waals surface area contributed by atoms with Crippen LogP contribution >= 0.6 is 15.9 Å². The summed E-state index contributed by atoms with van der Waals surface area (Å²) in [5.41, 5.74) is 6.31. The van der Waals surface area contributed by atoms with Crippen LogP contribution in [0.2, 0.25) is 0 Å². The fourth-order valence-electron chi connectivity index (χ4n) is 1.02. The lowest BCUT2D eigenvalue weighted by Crippen LogP contribution is -2.28. The molecular weight excluding hydrogens is 246 g/mol. The van der Waals surface area contributed by atoms with E-state index in [1.807, 2.05) is 13.0 Å². The van der Waals surface area contributed by atoms with E-state index >= 15 is 0 Å². The van der Waals surface area contributed by atoms with E-state index in [0.717, 1.165) is 15.9 Å². The van der Waals surface area contributed by atoms with Crippen molar-refractivity contribution >= 4 is 21.7 Å². The maximum absolute atomic E-state index is 9.24. The lowest BCUT2D eigenvalue weighted by atomic mass is 10.3. The average molecular weight is 260 g/mol. The Morgan fingerprint density at radius 2 is 2.43 bits per heavy atom. The van der Waals surface area contributed by atoms with Crippen molar-refractivity contribution in [2.24, 2.45) is 5.73 Å². The molecule has 4 nitrogen and oxygen atoms in total. The number of hydrogen-bond acceptors (Lipinski definition) is 4. The smallest absolute Gasteiger partial charge is 0.129 e. The topological polar surface area (TPSA) is 71.2 Å². The molecule has 0 fully saturated rings. The highest BCUT2D eigenvalue weighted by molar-refractivity contribution is 9.10. The Balaban J connectivity index is 2.59. The minimum atomic E-state index is -0.528. The number of aromatic nitrogens is 1. The Bertz CT molecular complexity index is 306. The van der Waals surface area contributed by atoms with Crippen molar-refractivity contribution in [1.29, 1.82) is 0 Å². The number of pyridine rings is 1. The van der Waals surface area contributed by atoms with Crippen molar-refractivity contribution in [2.45, 2.75) is 13.0 Å². The van der Waals surface area contributed by atoms with Crippen LogP contribution in [0.5, 0.6) is 0 Å². The number of nitrogens with one attached hydrogen (secondary N) is 1. The average Bonchev–Trinajstić information content (AvgIpc) is 2.16. The van der Waals surface area contributed by atoms with E-state index in [-0.39, 0.29) is 6.54 Å². The molecule has 78 valence electrons. The van der Waals surface area contributed by atoms with Gasteiger partial charge in [0.2, 0.25) is 0 Å². The number of aliphatic hydroxyl groups excluding tert-OH is 1. The fourth-order valence-corrected chi connectivity index (χ4v) is 1.47. The van der Waals surface area contributed by atoms with Gasteiger partial charge in [-0.3, -0.25) is 0 Å². The van der Waals surface area contributed by atoms with Crippen molar-refractivity contribution in [3.63, 3.8) is 0 Å². The second kappa shape index (κ2) is 5.29. The van der Waals surface area contributed by atoms with Crippen LogP contribution in [-0.2, 0) is 0 Å². The first kappa shape index (κ1) is 11.4. The summed E-state index contributed by atoms with van der Waals surface area (Å²) >= 11 is 3.33. The molecule has 1 rings (SSSR count). The molecule has 1 heterocycles. The van der Waals surface area contributed by atoms with Crippen LogP contribution in [0.15, 0.2) is 16.7 Å². The van der Waals surface area contributed by atoms with E-state index in [1.165, 1.54) is 0 Å². The summed E-state index contributed by atoms with van der Waals surface area (Å²) in [6, 6.07) is 1.96. The summed E-state index contributed by atoms with van der Waals surface area (Å²) in [5.74, 6) is 0.778. The van der Waals surface area contributed by atoms with Crippen molar-refractivity contribution < 1.29 is 5.11 Å². The van der Waals surface area contributed by atoms with Crippen molar-refractivity contribution in [1.82, 2.24) is 4.98 Å². The lowest BCUT2D eigenvalue weighted by Gasteiger charge is -2.11. The molecule has 1 aromatic heterocycles. The number of rotatable bonds is 4. The molecule has 4 N–H and O–H groups in total. The number of hydrogen-bond donors (Lipinski definition) is 3. The molecule has 1 unspecified atom stereocenters. The van der Waals surface area contributed by atoms with E-state index in [0.29, 0.717) is 6.54 Å². The molecule has 0 spiro atoms. The van der Waals surface area contributed by atoms with Gasteiger partial charge in [0.05, 0.1) is 6.10 Å². The number of aliphatic hydroxyl groups is 1. The van der Waals surface area contributed by atoms with Crippen LogP contribution in [-0.4, -0.2) is 29.3 Å². The zero-order valence-electron chi connectivity index (χ0n) is 8.00. The molecule has 0 radical (unpaired) electrons. The Morgan fingerprint density at radius 3 is 3.00 bits per heavy atom. The molecule has 5 heteroatoms. The van der Waals surface area contributed by atoms with Crippen molar-refractivity contribution in [3.05, 3.63) is 22.3 Å². The van der Waals surface area contributed by atoms with Crippen molar-refractivity contribution in [2.75, 3.05) is 18.4 Å². The maximum Gasteiger partial charge on any atom is 0.129 e. The van der Waals surface area contributed by atoms with Crippen LogP contribution in [0.25, 0.3) is 0 Å². The first-order valence-corrected chi connectivity index (χ1v) is 5.17. The zero-order valence-corrected chi connectivity index (χ0v) is 9.58. The van der Waals surface area contributed by atoms with Gasteiger partial charge in [0.1, 0.15) is 5.82 Å². The standard InChI is InChI=1S/C9H14BrN3O/c1-6-2-7(10)4-12-9(6)13-5-8(14)3-11/h2,4,8,14H,3,5,11H2,1H3,(H,12,13). The van der Waals surface area contributed by atoms with Crippen LogP contribution in [0.4, 0.5) is 5.82 Å². The highest BCUT2D eigenvalue weighted by Crippen LogP contribution is 2.16. The number of anilines is 1. The number of nitrogens with zero attached hydrogens (tertiary/aromatic N) is 1. The second-order valence-electron chi connectivity index (χ2n) is 3.09. The third-order valence-electron chi connectivity index (χ3n) is 1.82. The molecule has 0 aliphatic rings. The number of nitrogens with two attached hydrogens (primary N) is 1. The molecule has 0 amide bonds. The number of aryl methyl sites for hydroxylation is 1. The highest BCUT2D eigenvalue weighted by Gasteiger charge is 2.03. The molecule has 14 heavy (non-hydrogen) atoms. The van der Waals surface area contributed by atoms with Gasteiger partial charge in [-0.05, 0) is 34.5 Å². The minimum absolute atomic E-state index is 0.253. The predicted molar refractivity (Wildman–Crippen MR) is 60.2 cm³/mol. The SMILES string of the molecule is Cc1cc(Br)cnc1NCC(O)CN. The highest BCUT2D eigenvalue weighted by atomic mass is 79.9. The monoisotopic (exact) mass is 259 g/mol. The summed E-state index contributed by atoms with van der Waals surface area (Å²) in [5, 5.41) is 12.3. The summed E-state index contributed by atoms with van der Waals surface area (Å²) in [4.78, 5) is 4.17. The molecule has 0 aliphatic carbocycles. The molecule has 0 aromatic carbocycles. The summed E-state index contributed by atoms with van der Waals surface area (Å²) in [6.45, 7) is 2.63. The van der Waals surface area contributed by atoms with E-state index in [9.17, 15) is 5.11 Å². The summed E-state index contributed by atoms with van der Waals surface area (Å²) in [7, 11) is 0. The first-order chi connectivity index (χ1) is 6.63. The van der Waals surface area contributed by atoms with Gasteiger partial charge in [-0.25, -0.2) is 4.98 Å². The van der Waals surface area contributed by atoms with Gasteiger partial charge in [0.15, 0.2) is 0 Å².